The lowest BCUT2D eigenvalue weighted by Crippen LogP contribution is -2.58. The molecule has 37 heavy (non-hydrogen) atoms. The van der Waals surface area contributed by atoms with Gasteiger partial charge in [0, 0.05) is 18.3 Å². The Morgan fingerprint density at radius 2 is 1.57 bits per heavy atom. The molecule has 210 valence electrons. The number of nitrogens with one attached hydrogen (secondary N) is 4. The number of carbonyl (C=O) groups is 4. The number of rotatable bonds is 19. The first kappa shape index (κ1) is 32.0. The smallest absolute Gasteiger partial charge is 0.326 e. The zero-order valence-corrected chi connectivity index (χ0v) is 21.9. The van der Waals surface area contributed by atoms with Crippen molar-refractivity contribution in [2.75, 3.05) is 13.1 Å². The third-order valence-electron chi connectivity index (χ3n) is 6.27. The molecule has 0 saturated heterocycles. The third kappa shape index (κ3) is 11.7. The molecule has 5 unspecified atom stereocenters. The Hall–Kier alpha value is -3.03. The molecule has 3 amide bonds. The molecule has 0 aliphatic rings. The minimum atomic E-state index is -1.22. The summed E-state index contributed by atoms with van der Waals surface area (Å²) in [5.41, 5.74) is 17.6. The average molecular weight is 525 g/mol. The minimum Gasteiger partial charge on any atom is -0.480 e. The molecular formula is C24H44N8O5. The predicted molar refractivity (Wildman–Crippen MR) is 139 cm³/mol. The van der Waals surface area contributed by atoms with Crippen LogP contribution in [0.4, 0.5) is 0 Å². The molecule has 1 rings (SSSR count). The second kappa shape index (κ2) is 17.4. The van der Waals surface area contributed by atoms with Crippen molar-refractivity contribution < 1.29 is 24.3 Å². The van der Waals surface area contributed by atoms with Crippen molar-refractivity contribution >= 4 is 23.7 Å². The highest BCUT2D eigenvalue weighted by molar-refractivity contribution is 5.94. The fourth-order valence-corrected chi connectivity index (χ4v) is 3.71. The quantitative estimate of drug-likeness (QED) is 0.105. The average Bonchev–Trinajstić information content (AvgIpc) is 3.38. The Bertz CT molecular complexity index is 835. The summed E-state index contributed by atoms with van der Waals surface area (Å²) in [5, 5.41) is 17.6. The summed E-state index contributed by atoms with van der Waals surface area (Å²) in [6.07, 6.45) is 6.87. The van der Waals surface area contributed by atoms with Crippen molar-refractivity contribution in [1.29, 1.82) is 0 Å². The molecule has 13 nitrogen and oxygen atoms in total. The molecule has 0 fully saturated rings. The standard InChI is InChI=1S/C24H44N8O5/c1-3-15(2)20(23(35)31-19(24(36)37)12-16-13-28-14-29-16)32-22(34)18(9-5-7-11-26)30-21(33)17(27)8-4-6-10-25/h13-15,17-20H,3-12,25-27H2,1-2H3,(H,28,29)(H,30,33)(H,31,35)(H,32,34)(H,36,37). The van der Waals surface area contributed by atoms with E-state index in [0.717, 1.165) is 6.42 Å². The minimum absolute atomic E-state index is 0.00205. The van der Waals surface area contributed by atoms with E-state index in [1.54, 1.807) is 6.92 Å². The molecule has 1 aromatic heterocycles. The molecule has 0 radical (unpaired) electrons. The van der Waals surface area contributed by atoms with Crippen LogP contribution < -0.4 is 33.2 Å². The number of hydrogen-bond acceptors (Lipinski definition) is 8. The monoisotopic (exact) mass is 524 g/mol. The van der Waals surface area contributed by atoms with Crippen LogP contribution in [0.5, 0.6) is 0 Å². The molecule has 13 heteroatoms. The fraction of sp³-hybridized carbons (Fsp3) is 0.708. The van der Waals surface area contributed by atoms with E-state index < -0.39 is 47.9 Å². The molecule has 0 aromatic carbocycles. The van der Waals surface area contributed by atoms with Crippen LogP contribution in [0.15, 0.2) is 12.5 Å². The molecule has 1 heterocycles. The van der Waals surface area contributed by atoms with Crippen LogP contribution >= 0.6 is 0 Å². The fourth-order valence-electron chi connectivity index (χ4n) is 3.71. The highest BCUT2D eigenvalue weighted by Crippen LogP contribution is 2.11. The maximum atomic E-state index is 13.2. The third-order valence-corrected chi connectivity index (χ3v) is 6.27. The normalized spacial score (nSPS) is 15.2. The van der Waals surface area contributed by atoms with Gasteiger partial charge in [-0.3, -0.25) is 14.4 Å². The van der Waals surface area contributed by atoms with Crippen LogP contribution in [-0.2, 0) is 25.6 Å². The van der Waals surface area contributed by atoms with Gasteiger partial charge in [0.15, 0.2) is 0 Å². The topological polar surface area (TPSA) is 231 Å². The lowest BCUT2D eigenvalue weighted by Gasteiger charge is -2.28. The number of carbonyl (C=O) groups excluding carboxylic acids is 3. The Labute approximate surface area is 218 Å². The van der Waals surface area contributed by atoms with Crippen molar-refractivity contribution in [2.24, 2.45) is 23.1 Å². The lowest BCUT2D eigenvalue weighted by atomic mass is 9.96. The number of unbranched alkanes of at least 4 members (excludes halogenated alkanes) is 2. The zero-order chi connectivity index (χ0) is 27.8. The number of nitrogens with zero attached hydrogens (tertiary/aromatic N) is 1. The molecule has 0 spiro atoms. The molecule has 0 aliphatic carbocycles. The van der Waals surface area contributed by atoms with Crippen LogP contribution in [0, 0.1) is 5.92 Å². The van der Waals surface area contributed by atoms with Crippen molar-refractivity contribution in [1.82, 2.24) is 25.9 Å². The number of carboxylic acids is 1. The second-order valence-electron chi connectivity index (χ2n) is 9.29. The van der Waals surface area contributed by atoms with Gasteiger partial charge in [0.05, 0.1) is 12.4 Å². The Morgan fingerprint density at radius 1 is 0.946 bits per heavy atom. The summed E-state index contributed by atoms with van der Waals surface area (Å²) in [7, 11) is 0. The molecular weight excluding hydrogens is 480 g/mol. The van der Waals surface area contributed by atoms with Crippen molar-refractivity contribution in [3.63, 3.8) is 0 Å². The number of carboxylic acid groups (broad SMARTS) is 1. The Balaban J connectivity index is 2.95. The summed E-state index contributed by atoms with van der Waals surface area (Å²) < 4.78 is 0. The van der Waals surface area contributed by atoms with E-state index in [1.807, 2.05) is 6.92 Å². The van der Waals surface area contributed by atoms with Gasteiger partial charge in [-0.15, -0.1) is 0 Å². The molecule has 1 aromatic rings. The summed E-state index contributed by atoms with van der Waals surface area (Å²) in [5.74, 6) is -3.14. The number of hydrogen-bond donors (Lipinski definition) is 8. The Kier molecular flexibility index (Phi) is 15.1. The summed E-state index contributed by atoms with van der Waals surface area (Å²) in [6, 6.07) is -3.93. The van der Waals surface area contributed by atoms with Gasteiger partial charge >= 0.3 is 5.97 Å². The van der Waals surface area contributed by atoms with E-state index in [1.165, 1.54) is 12.5 Å². The van der Waals surface area contributed by atoms with E-state index in [9.17, 15) is 24.3 Å². The number of aromatic amines is 1. The van der Waals surface area contributed by atoms with Gasteiger partial charge in [-0.25, -0.2) is 9.78 Å². The number of imidazole rings is 1. The summed E-state index contributed by atoms with van der Waals surface area (Å²) in [6.45, 7) is 4.58. The summed E-state index contributed by atoms with van der Waals surface area (Å²) >= 11 is 0. The predicted octanol–water partition coefficient (Wildman–Crippen LogP) is -0.877. The maximum Gasteiger partial charge on any atom is 0.326 e. The van der Waals surface area contributed by atoms with E-state index >= 15 is 0 Å². The van der Waals surface area contributed by atoms with Gasteiger partial charge in [0.25, 0.3) is 0 Å². The van der Waals surface area contributed by atoms with Crippen molar-refractivity contribution in [2.45, 2.75) is 89.4 Å². The van der Waals surface area contributed by atoms with Gasteiger partial charge in [0.1, 0.15) is 18.1 Å². The van der Waals surface area contributed by atoms with E-state index in [0.29, 0.717) is 57.3 Å². The van der Waals surface area contributed by atoms with Gasteiger partial charge in [0.2, 0.25) is 17.7 Å². The molecule has 0 saturated carbocycles. The van der Waals surface area contributed by atoms with Crippen LogP contribution in [0.3, 0.4) is 0 Å². The zero-order valence-electron chi connectivity index (χ0n) is 21.9. The number of aromatic nitrogens is 2. The number of aliphatic carboxylic acids is 1. The van der Waals surface area contributed by atoms with Crippen LogP contribution in [0.25, 0.3) is 0 Å². The van der Waals surface area contributed by atoms with Crippen LogP contribution in [0.2, 0.25) is 0 Å². The highest BCUT2D eigenvalue weighted by atomic mass is 16.4. The van der Waals surface area contributed by atoms with Crippen LogP contribution in [0.1, 0.15) is 64.5 Å². The van der Waals surface area contributed by atoms with Gasteiger partial charge in [-0.1, -0.05) is 26.7 Å². The SMILES string of the molecule is CCC(C)C(NC(=O)C(CCCCN)NC(=O)C(N)CCCCN)C(=O)NC(Cc1cnc[nH]1)C(=O)O. The second-order valence-corrected chi connectivity index (χ2v) is 9.29. The van der Waals surface area contributed by atoms with Gasteiger partial charge in [-0.05, 0) is 51.1 Å². The van der Waals surface area contributed by atoms with Gasteiger partial charge in [-0.2, -0.15) is 0 Å². The summed E-state index contributed by atoms with van der Waals surface area (Å²) in [4.78, 5) is 57.5. The van der Waals surface area contributed by atoms with Crippen molar-refractivity contribution in [3.05, 3.63) is 18.2 Å². The first-order valence-corrected chi connectivity index (χ1v) is 12.9. The van der Waals surface area contributed by atoms with E-state index in [4.69, 9.17) is 17.2 Å². The van der Waals surface area contributed by atoms with Crippen LogP contribution in [-0.4, -0.2) is 76.0 Å². The molecule has 0 aliphatic heterocycles. The highest BCUT2D eigenvalue weighted by Gasteiger charge is 2.32. The molecule has 0 bridgehead atoms. The number of amides is 3. The van der Waals surface area contributed by atoms with Gasteiger partial charge < -0.3 is 43.2 Å². The van der Waals surface area contributed by atoms with E-state index in [-0.39, 0.29) is 12.3 Å². The molecule has 11 N–H and O–H groups in total. The first-order valence-electron chi connectivity index (χ1n) is 12.9. The first-order chi connectivity index (χ1) is 17.6. The lowest BCUT2D eigenvalue weighted by molar-refractivity contribution is -0.142. The number of nitrogens with two attached hydrogens (primary N) is 3. The number of H-pyrrole nitrogens is 1. The maximum absolute atomic E-state index is 13.2. The Morgan fingerprint density at radius 3 is 2.11 bits per heavy atom. The molecule has 5 atom stereocenters. The van der Waals surface area contributed by atoms with Crippen molar-refractivity contribution in [3.8, 4) is 0 Å². The largest absolute Gasteiger partial charge is 0.480 e. The van der Waals surface area contributed by atoms with E-state index in [2.05, 4.69) is 25.9 Å².